The van der Waals surface area contributed by atoms with Crippen LogP contribution in [0, 0.1) is 11.3 Å². The lowest BCUT2D eigenvalue weighted by Gasteiger charge is -2.21. The summed E-state index contributed by atoms with van der Waals surface area (Å²) in [6.07, 6.45) is 1.76. The van der Waals surface area contributed by atoms with Gasteiger partial charge in [0.05, 0.1) is 23.6 Å². The molecule has 1 N–H and O–H groups in total. The molecule has 0 aromatic carbocycles. The van der Waals surface area contributed by atoms with Crippen molar-refractivity contribution in [1.82, 2.24) is 24.5 Å². The molecule has 26 heavy (non-hydrogen) atoms. The van der Waals surface area contributed by atoms with E-state index in [4.69, 9.17) is 5.26 Å². The molecule has 3 aromatic heterocycles. The number of nitrogens with zero attached hydrogens (tertiary/aromatic N) is 7. The van der Waals surface area contributed by atoms with E-state index in [1.807, 2.05) is 22.9 Å². The Morgan fingerprint density at radius 1 is 1.27 bits per heavy atom. The maximum Gasteiger partial charge on any atom is 0.142 e. The van der Waals surface area contributed by atoms with Crippen LogP contribution in [-0.4, -0.2) is 36.2 Å². The number of rotatable bonds is 3. The topological polar surface area (TPSA) is 95.8 Å². The highest BCUT2D eigenvalue weighted by Gasteiger charge is 2.22. The number of fused-ring (bicyclic) bond motifs is 1. The van der Waals surface area contributed by atoms with Gasteiger partial charge in [0.2, 0.25) is 0 Å². The van der Waals surface area contributed by atoms with E-state index in [-0.39, 0.29) is 0 Å². The van der Waals surface area contributed by atoms with Crippen molar-refractivity contribution in [3.05, 3.63) is 59.3 Å². The molecule has 0 spiro atoms. The molecule has 3 aromatic rings. The van der Waals surface area contributed by atoms with E-state index in [9.17, 15) is 5.11 Å². The highest BCUT2D eigenvalue weighted by atomic mass is 16.3. The van der Waals surface area contributed by atoms with Gasteiger partial charge in [0.15, 0.2) is 0 Å². The molecular weight excluding hydrogens is 330 g/mol. The summed E-state index contributed by atoms with van der Waals surface area (Å²) in [6, 6.07) is 11.3. The number of aryl methyl sites for hydroxylation is 2. The lowest BCUT2D eigenvalue weighted by atomic mass is 10.2. The van der Waals surface area contributed by atoms with Crippen molar-refractivity contribution < 1.29 is 5.11 Å². The fraction of sp³-hybridized carbons (Fsp3) is 0.333. The van der Waals surface area contributed by atoms with Crippen molar-refractivity contribution in [2.24, 2.45) is 7.05 Å². The summed E-state index contributed by atoms with van der Waals surface area (Å²) in [4.78, 5) is 6.54. The summed E-state index contributed by atoms with van der Waals surface area (Å²) in [7, 11) is 1.80. The molecular formula is C18H19N7O. The largest absolute Gasteiger partial charge is 0.380 e. The molecule has 8 nitrogen and oxygen atoms in total. The molecule has 0 bridgehead atoms. The highest BCUT2D eigenvalue weighted by Crippen LogP contribution is 2.24. The molecule has 1 aliphatic heterocycles. The van der Waals surface area contributed by atoms with Gasteiger partial charge in [-0.2, -0.15) is 15.5 Å². The van der Waals surface area contributed by atoms with Gasteiger partial charge in [-0.05, 0) is 30.7 Å². The van der Waals surface area contributed by atoms with E-state index in [1.165, 1.54) is 0 Å². The van der Waals surface area contributed by atoms with Gasteiger partial charge in [-0.1, -0.05) is 6.07 Å². The normalized spacial score (nSPS) is 15.2. The third kappa shape index (κ3) is 2.93. The summed E-state index contributed by atoms with van der Waals surface area (Å²) in [5.41, 5.74) is 2.75. The van der Waals surface area contributed by atoms with E-state index in [0.717, 1.165) is 31.0 Å². The second-order valence-corrected chi connectivity index (χ2v) is 6.33. The number of hydrogen-bond acceptors (Lipinski definition) is 6. The first kappa shape index (κ1) is 16.3. The number of pyridine rings is 1. The Morgan fingerprint density at radius 2 is 2.15 bits per heavy atom. The van der Waals surface area contributed by atoms with Crippen LogP contribution in [0.2, 0.25) is 0 Å². The van der Waals surface area contributed by atoms with Crippen molar-refractivity contribution in [3.63, 3.8) is 0 Å². The Balaban J connectivity index is 1.62. The monoisotopic (exact) mass is 349 g/mol. The zero-order valence-electron chi connectivity index (χ0n) is 14.4. The molecule has 0 amide bonds. The second kappa shape index (κ2) is 6.61. The molecule has 4 heterocycles. The van der Waals surface area contributed by atoms with Crippen molar-refractivity contribution in [3.8, 4) is 6.07 Å². The predicted molar refractivity (Wildman–Crippen MR) is 94.1 cm³/mol. The minimum absolute atomic E-state index is 0.410. The van der Waals surface area contributed by atoms with Crippen LogP contribution < -0.4 is 4.90 Å². The highest BCUT2D eigenvalue weighted by molar-refractivity contribution is 5.42. The van der Waals surface area contributed by atoms with E-state index in [1.54, 1.807) is 30.1 Å². The summed E-state index contributed by atoms with van der Waals surface area (Å²) < 4.78 is 3.60. The van der Waals surface area contributed by atoms with Crippen molar-refractivity contribution in [1.29, 1.82) is 5.26 Å². The van der Waals surface area contributed by atoms with Crippen LogP contribution in [0.4, 0.5) is 5.82 Å². The van der Waals surface area contributed by atoms with E-state index in [0.29, 0.717) is 23.6 Å². The molecule has 0 fully saturated rings. The molecule has 0 aliphatic carbocycles. The summed E-state index contributed by atoms with van der Waals surface area (Å²) in [5.74, 6) is 0.785. The fourth-order valence-corrected chi connectivity index (χ4v) is 3.28. The molecule has 0 saturated carbocycles. The predicted octanol–water partition coefficient (Wildman–Crippen LogP) is 1.38. The Hall–Kier alpha value is -3.18. The molecule has 1 atom stereocenters. The number of nitriles is 1. The third-order valence-corrected chi connectivity index (χ3v) is 4.63. The lowest BCUT2D eigenvalue weighted by molar-refractivity contribution is 0.203. The minimum atomic E-state index is -0.810. The Bertz CT molecular complexity index is 968. The zero-order chi connectivity index (χ0) is 18.1. The van der Waals surface area contributed by atoms with Crippen LogP contribution in [0.3, 0.4) is 0 Å². The van der Waals surface area contributed by atoms with Crippen molar-refractivity contribution in [2.75, 3.05) is 11.4 Å². The van der Waals surface area contributed by atoms with Crippen LogP contribution in [0.25, 0.3) is 0 Å². The fourth-order valence-electron chi connectivity index (χ4n) is 3.28. The van der Waals surface area contributed by atoms with Crippen molar-refractivity contribution in [2.45, 2.75) is 25.6 Å². The first-order valence-electron chi connectivity index (χ1n) is 8.50. The van der Waals surface area contributed by atoms with Crippen LogP contribution in [-0.2, 0) is 20.1 Å². The van der Waals surface area contributed by atoms with Gasteiger partial charge in [0.1, 0.15) is 23.7 Å². The lowest BCUT2D eigenvalue weighted by Crippen LogP contribution is -2.23. The smallest absolute Gasteiger partial charge is 0.142 e. The minimum Gasteiger partial charge on any atom is -0.380 e. The summed E-state index contributed by atoms with van der Waals surface area (Å²) in [6.45, 7) is 2.25. The Labute approximate surface area is 150 Å². The van der Waals surface area contributed by atoms with Gasteiger partial charge in [-0.15, -0.1) is 0 Å². The van der Waals surface area contributed by atoms with Crippen LogP contribution in [0.15, 0.2) is 36.5 Å². The SMILES string of the molecule is Cn1nccc1[C@H](O)c1cc2n(n1)CCCN(c1cccc(C#N)n1)C2. The van der Waals surface area contributed by atoms with Crippen molar-refractivity contribution >= 4 is 5.82 Å². The average molecular weight is 349 g/mol. The quantitative estimate of drug-likeness (QED) is 0.767. The number of aromatic nitrogens is 5. The van der Waals surface area contributed by atoms with Gasteiger partial charge in [-0.25, -0.2) is 4.98 Å². The number of aliphatic hydroxyl groups excluding tert-OH is 1. The molecule has 1 aliphatic rings. The second-order valence-electron chi connectivity index (χ2n) is 6.33. The van der Waals surface area contributed by atoms with Gasteiger partial charge in [-0.3, -0.25) is 9.36 Å². The third-order valence-electron chi connectivity index (χ3n) is 4.63. The number of aliphatic hydroxyl groups is 1. The standard InChI is InChI=1S/C18H19N7O/c1-23-16(6-7-20-23)18(26)15-10-14-12-24(8-3-9-25(14)22-15)17-5-2-4-13(11-19)21-17/h2,4-7,10,18,26H,3,8-9,12H2,1H3/t18-/m1/s1. The summed E-state index contributed by atoms with van der Waals surface area (Å²) >= 11 is 0. The zero-order valence-corrected chi connectivity index (χ0v) is 14.4. The maximum atomic E-state index is 10.6. The number of anilines is 1. The van der Waals surface area contributed by atoms with Gasteiger partial charge in [0.25, 0.3) is 0 Å². The first-order chi connectivity index (χ1) is 12.7. The van der Waals surface area contributed by atoms with Crippen LogP contribution >= 0.6 is 0 Å². The van der Waals surface area contributed by atoms with E-state index < -0.39 is 6.10 Å². The van der Waals surface area contributed by atoms with E-state index in [2.05, 4.69) is 26.2 Å². The maximum absolute atomic E-state index is 10.6. The number of hydrogen-bond donors (Lipinski definition) is 1. The van der Waals surface area contributed by atoms with Crippen LogP contribution in [0.1, 0.15) is 35.3 Å². The van der Waals surface area contributed by atoms with Crippen LogP contribution in [0.5, 0.6) is 0 Å². The molecule has 0 saturated heterocycles. The molecule has 0 radical (unpaired) electrons. The van der Waals surface area contributed by atoms with E-state index >= 15 is 0 Å². The average Bonchev–Trinajstić information content (AvgIpc) is 3.21. The Morgan fingerprint density at radius 3 is 2.92 bits per heavy atom. The Kier molecular flexibility index (Phi) is 4.14. The molecule has 8 heteroatoms. The van der Waals surface area contributed by atoms with Gasteiger partial charge < -0.3 is 10.0 Å². The van der Waals surface area contributed by atoms with Gasteiger partial charge >= 0.3 is 0 Å². The molecule has 132 valence electrons. The first-order valence-corrected chi connectivity index (χ1v) is 8.50. The van der Waals surface area contributed by atoms with Gasteiger partial charge in [0, 0.05) is 26.3 Å². The molecule has 4 rings (SSSR count). The molecule has 0 unspecified atom stereocenters. The summed E-state index contributed by atoms with van der Waals surface area (Å²) in [5, 5.41) is 28.4.